The lowest BCUT2D eigenvalue weighted by atomic mass is 10.2. The number of nitrogens with zero attached hydrogens (tertiary/aromatic N) is 3. The lowest BCUT2D eigenvalue weighted by Gasteiger charge is -2.18. The van der Waals surface area contributed by atoms with Crippen molar-refractivity contribution in [3.8, 4) is 5.75 Å². The molecule has 8 nitrogen and oxygen atoms in total. The van der Waals surface area contributed by atoms with Gasteiger partial charge in [0.1, 0.15) is 12.4 Å². The Bertz CT molecular complexity index is 890. The average Bonchev–Trinajstić information content (AvgIpc) is 2.92. The molecule has 0 fully saturated rings. The molecule has 0 aliphatic carbocycles. The fourth-order valence-corrected chi connectivity index (χ4v) is 4.42. The Morgan fingerprint density at radius 1 is 1.35 bits per heavy atom. The molecule has 0 saturated heterocycles. The van der Waals surface area contributed by atoms with Gasteiger partial charge in [-0.3, -0.25) is 14.9 Å². The van der Waals surface area contributed by atoms with E-state index in [4.69, 9.17) is 4.74 Å². The number of H-pyrrole nitrogens is 1. The van der Waals surface area contributed by atoms with Crippen molar-refractivity contribution in [2.24, 2.45) is 0 Å². The summed E-state index contributed by atoms with van der Waals surface area (Å²) in [5, 5.41) is 6.70. The highest BCUT2D eigenvalue weighted by Crippen LogP contribution is 2.28. The highest BCUT2D eigenvalue weighted by molar-refractivity contribution is 7.90. The van der Waals surface area contributed by atoms with Gasteiger partial charge in [0.2, 0.25) is 0 Å². The average molecular weight is 334 g/mol. The maximum Gasteiger partial charge on any atom is 0.275 e. The molecule has 1 N–H and O–H groups in total. The van der Waals surface area contributed by atoms with Gasteiger partial charge < -0.3 is 9.64 Å². The molecule has 2 aromatic heterocycles. The number of carbonyl (C=O) groups excluding carboxylic acids is 1. The second-order valence-corrected chi connectivity index (χ2v) is 7.68. The lowest BCUT2D eigenvalue weighted by Crippen LogP contribution is -2.33. The van der Waals surface area contributed by atoms with Crippen LogP contribution in [0.5, 0.6) is 5.75 Å². The summed E-state index contributed by atoms with van der Waals surface area (Å²) in [7, 11) is -3.18. The Kier molecular flexibility index (Phi) is 3.12. The first-order valence-electron chi connectivity index (χ1n) is 7.15. The number of amides is 1. The van der Waals surface area contributed by atoms with Crippen LogP contribution in [0.4, 0.5) is 0 Å². The van der Waals surface area contributed by atoms with Gasteiger partial charge in [-0.25, -0.2) is 8.42 Å². The number of hydrogen-bond donors (Lipinski definition) is 1. The molecule has 2 aromatic rings. The Morgan fingerprint density at radius 2 is 2.22 bits per heavy atom. The number of aromatic nitrogens is 3. The normalized spacial score (nSPS) is 18.7. The third kappa shape index (κ3) is 2.46. The number of nitrogens with one attached hydrogen (secondary N) is 1. The van der Waals surface area contributed by atoms with Crippen LogP contribution in [0.1, 0.15) is 27.3 Å². The van der Waals surface area contributed by atoms with E-state index in [1.54, 1.807) is 23.4 Å². The van der Waals surface area contributed by atoms with E-state index in [-0.39, 0.29) is 23.1 Å². The fourth-order valence-electron chi connectivity index (χ4n) is 2.89. The smallest absolute Gasteiger partial charge is 0.275 e. The summed E-state index contributed by atoms with van der Waals surface area (Å²) in [6, 6.07) is 1.77. The van der Waals surface area contributed by atoms with Gasteiger partial charge in [-0.2, -0.15) is 5.10 Å². The molecule has 9 heteroatoms. The quantitative estimate of drug-likeness (QED) is 0.802. The molecule has 0 saturated carbocycles. The molecular formula is C14H14N4O4S. The summed E-state index contributed by atoms with van der Waals surface area (Å²) in [4.78, 5) is 18.4. The number of hydrogen-bond acceptors (Lipinski definition) is 6. The number of rotatable bonds is 1. The summed E-state index contributed by atoms with van der Waals surface area (Å²) < 4.78 is 29.0. The number of sulfone groups is 1. The van der Waals surface area contributed by atoms with Crippen LogP contribution in [-0.2, 0) is 27.9 Å². The summed E-state index contributed by atoms with van der Waals surface area (Å²) in [6.07, 6.45) is 3.31. The standard InChI is InChI=1S/C14H14N4O4S/c19-14(13-10-7-23(20,21)8-11(10)16-17-13)18-3-4-22-12-1-2-15-5-9(12)6-18/h1-2,5H,3-4,6-8H2,(H,16,17). The maximum atomic E-state index is 12.8. The fraction of sp³-hybridized carbons (Fsp3) is 0.357. The van der Waals surface area contributed by atoms with Gasteiger partial charge in [-0.1, -0.05) is 0 Å². The summed E-state index contributed by atoms with van der Waals surface area (Å²) >= 11 is 0. The molecule has 2 aliphatic rings. The minimum absolute atomic E-state index is 0.0848. The number of carbonyl (C=O) groups is 1. The van der Waals surface area contributed by atoms with Crippen LogP contribution in [0.25, 0.3) is 0 Å². The summed E-state index contributed by atoms with van der Waals surface area (Å²) in [6.45, 7) is 1.13. The number of fused-ring (bicyclic) bond motifs is 2. The minimum atomic E-state index is -3.18. The highest BCUT2D eigenvalue weighted by atomic mass is 32.2. The van der Waals surface area contributed by atoms with Crippen LogP contribution in [0.2, 0.25) is 0 Å². The third-order valence-corrected chi connectivity index (χ3v) is 5.47. The van der Waals surface area contributed by atoms with Crippen molar-refractivity contribution in [1.82, 2.24) is 20.1 Å². The van der Waals surface area contributed by atoms with Crippen LogP contribution in [0.15, 0.2) is 18.5 Å². The second kappa shape index (κ2) is 5.05. The third-order valence-electron chi connectivity index (χ3n) is 4.01. The first-order valence-corrected chi connectivity index (χ1v) is 8.97. The molecule has 2 aliphatic heterocycles. The van der Waals surface area contributed by atoms with Gasteiger partial charge in [0.05, 0.1) is 30.3 Å². The molecule has 0 radical (unpaired) electrons. The van der Waals surface area contributed by atoms with Crippen LogP contribution in [0.3, 0.4) is 0 Å². The van der Waals surface area contributed by atoms with Crippen molar-refractivity contribution in [1.29, 1.82) is 0 Å². The van der Waals surface area contributed by atoms with Crippen LogP contribution < -0.4 is 4.74 Å². The van der Waals surface area contributed by atoms with Gasteiger partial charge >= 0.3 is 0 Å². The molecule has 0 bridgehead atoms. The number of aromatic amines is 1. The predicted molar refractivity (Wildman–Crippen MR) is 79.4 cm³/mol. The molecule has 0 spiro atoms. The monoisotopic (exact) mass is 334 g/mol. The Hall–Kier alpha value is -2.42. The van der Waals surface area contributed by atoms with E-state index in [0.717, 1.165) is 5.56 Å². The zero-order valence-corrected chi connectivity index (χ0v) is 13.0. The van der Waals surface area contributed by atoms with E-state index in [1.807, 2.05) is 0 Å². The Morgan fingerprint density at radius 3 is 3.09 bits per heavy atom. The van der Waals surface area contributed by atoms with E-state index in [2.05, 4.69) is 15.2 Å². The molecule has 0 atom stereocenters. The maximum absolute atomic E-state index is 12.8. The first-order chi connectivity index (χ1) is 11.0. The van der Waals surface area contributed by atoms with E-state index in [9.17, 15) is 13.2 Å². The molecule has 120 valence electrons. The van der Waals surface area contributed by atoms with Gasteiger partial charge in [-0.05, 0) is 6.07 Å². The Labute approximate surface area is 132 Å². The van der Waals surface area contributed by atoms with E-state index in [1.165, 1.54) is 0 Å². The van der Waals surface area contributed by atoms with Crippen molar-refractivity contribution in [2.75, 3.05) is 13.2 Å². The van der Waals surface area contributed by atoms with Gasteiger partial charge in [0.15, 0.2) is 15.5 Å². The predicted octanol–water partition coefficient (Wildman–Crippen LogP) is 0.268. The van der Waals surface area contributed by atoms with Crippen molar-refractivity contribution < 1.29 is 17.9 Å². The molecule has 0 aromatic carbocycles. The molecule has 4 rings (SSSR count). The lowest BCUT2D eigenvalue weighted by molar-refractivity contribution is 0.0726. The zero-order valence-electron chi connectivity index (χ0n) is 12.2. The second-order valence-electron chi connectivity index (χ2n) is 5.62. The number of pyridine rings is 1. The Balaban J connectivity index is 1.64. The summed E-state index contributed by atoms with van der Waals surface area (Å²) in [5.74, 6) is 0.200. The van der Waals surface area contributed by atoms with E-state index >= 15 is 0 Å². The molecule has 1 amide bonds. The van der Waals surface area contributed by atoms with Crippen LogP contribution in [0, 0.1) is 0 Å². The van der Waals surface area contributed by atoms with Crippen molar-refractivity contribution in [3.63, 3.8) is 0 Å². The highest BCUT2D eigenvalue weighted by Gasteiger charge is 2.34. The largest absolute Gasteiger partial charge is 0.491 e. The first kappa shape index (κ1) is 14.2. The van der Waals surface area contributed by atoms with Crippen molar-refractivity contribution >= 4 is 15.7 Å². The molecule has 23 heavy (non-hydrogen) atoms. The SMILES string of the molecule is O=C(c1n[nH]c2c1CS(=O)(=O)C2)N1CCOc2ccncc2C1. The van der Waals surface area contributed by atoms with E-state index < -0.39 is 9.84 Å². The summed E-state index contributed by atoms with van der Waals surface area (Å²) in [5.41, 5.74) is 2.01. The van der Waals surface area contributed by atoms with Gasteiger partial charge in [-0.15, -0.1) is 0 Å². The molecule has 0 unspecified atom stereocenters. The van der Waals surface area contributed by atoms with Crippen molar-refractivity contribution in [2.45, 2.75) is 18.1 Å². The van der Waals surface area contributed by atoms with Crippen molar-refractivity contribution in [3.05, 3.63) is 41.0 Å². The van der Waals surface area contributed by atoms with Gasteiger partial charge in [0, 0.05) is 23.5 Å². The minimum Gasteiger partial charge on any atom is -0.491 e. The van der Waals surface area contributed by atoms with Crippen LogP contribution >= 0.6 is 0 Å². The zero-order chi connectivity index (χ0) is 16.0. The molecule has 4 heterocycles. The topological polar surface area (TPSA) is 105 Å². The van der Waals surface area contributed by atoms with E-state index in [0.29, 0.717) is 36.7 Å². The number of ether oxygens (including phenoxy) is 1. The van der Waals surface area contributed by atoms with Gasteiger partial charge in [0.25, 0.3) is 5.91 Å². The molecular weight excluding hydrogens is 320 g/mol. The van der Waals surface area contributed by atoms with Crippen LogP contribution in [-0.4, -0.2) is 47.6 Å².